The van der Waals surface area contributed by atoms with Crippen LogP contribution in [0.1, 0.15) is 108 Å². The number of hydrogen-bond donors (Lipinski definition) is 4. The Kier molecular flexibility index (Phi) is 9.69. The first-order chi connectivity index (χ1) is 26.2. The van der Waals surface area contributed by atoms with Crippen molar-refractivity contribution in [2.24, 2.45) is 11.3 Å². The minimum atomic E-state index is -0.327. The van der Waals surface area contributed by atoms with Gasteiger partial charge in [-0.3, -0.25) is 14.6 Å². The number of rotatable bonds is 13. The highest BCUT2D eigenvalue weighted by Crippen LogP contribution is 2.69. The van der Waals surface area contributed by atoms with E-state index < -0.39 is 0 Å². The van der Waals surface area contributed by atoms with Crippen LogP contribution >= 0.6 is 11.8 Å². The van der Waals surface area contributed by atoms with Crippen LogP contribution in [0, 0.1) is 11.3 Å². The lowest BCUT2D eigenvalue weighted by molar-refractivity contribution is -0.132. The van der Waals surface area contributed by atoms with Crippen molar-refractivity contribution in [3.63, 3.8) is 0 Å². The maximum Gasteiger partial charge on any atom is 0.220 e. The molecule has 0 radical (unpaired) electrons. The summed E-state index contributed by atoms with van der Waals surface area (Å²) in [6.45, 7) is 7.21. The second kappa shape index (κ2) is 14.5. The quantitative estimate of drug-likeness (QED) is 0.158. The fraction of sp³-hybridized carbons (Fsp3) is 0.578. The van der Waals surface area contributed by atoms with Crippen LogP contribution in [0.15, 0.2) is 84.5 Å². The van der Waals surface area contributed by atoms with Gasteiger partial charge in [0.1, 0.15) is 0 Å². The van der Waals surface area contributed by atoms with E-state index in [4.69, 9.17) is 4.74 Å². The van der Waals surface area contributed by atoms with Crippen LogP contribution < -0.4 is 21.3 Å². The third-order valence-electron chi connectivity index (χ3n) is 14.3. The maximum absolute atomic E-state index is 13.1. The van der Waals surface area contributed by atoms with E-state index in [1.54, 1.807) is 0 Å². The molecular formula is C45H57N5O3S. The molecule has 3 aliphatic carbocycles. The average molecular weight is 748 g/mol. The molecule has 8 nitrogen and oxygen atoms in total. The lowest BCUT2D eigenvalue weighted by Gasteiger charge is -2.53. The molecule has 1 aromatic carbocycles. The molecule has 54 heavy (non-hydrogen) atoms. The highest BCUT2D eigenvalue weighted by Gasteiger charge is 2.66. The molecule has 286 valence electrons. The van der Waals surface area contributed by atoms with Crippen molar-refractivity contribution in [3.05, 3.63) is 90.1 Å². The van der Waals surface area contributed by atoms with Crippen LogP contribution in [0.2, 0.25) is 0 Å². The second-order valence-electron chi connectivity index (χ2n) is 17.5. The van der Waals surface area contributed by atoms with Crippen molar-refractivity contribution >= 4 is 34.3 Å². The largest absolute Gasteiger partial charge is 0.367 e. The lowest BCUT2D eigenvalue weighted by atomic mass is 9.58. The Labute approximate surface area is 324 Å². The van der Waals surface area contributed by atoms with Gasteiger partial charge in [0, 0.05) is 54.6 Å². The van der Waals surface area contributed by atoms with Crippen molar-refractivity contribution in [1.82, 2.24) is 26.3 Å². The van der Waals surface area contributed by atoms with Crippen LogP contribution in [-0.2, 0) is 14.3 Å². The Hall–Kier alpha value is -3.56. The van der Waals surface area contributed by atoms with Gasteiger partial charge in [-0.15, -0.1) is 0 Å². The molecule has 2 aromatic rings. The van der Waals surface area contributed by atoms with Crippen LogP contribution in [0.25, 0.3) is 10.8 Å². The first kappa shape index (κ1) is 36.1. The van der Waals surface area contributed by atoms with Gasteiger partial charge in [0.05, 0.1) is 35.1 Å². The van der Waals surface area contributed by atoms with Gasteiger partial charge in [-0.1, -0.05) is 62.8 Å². The SMILES string of the molecule is C=C1N[C@H]2[C@H](CS[C@H]2CCCCC(=O)NCCCCCC(=O)N[C@@H]2C=CC3=CC4=CC[C@]5(C)[C@@H](c6ccc7ccncc7c6)CC[C@H]5[C@@]45CC[C@]3(C2)O5)N1. The molecule has 7 aliphatic rings. The van der Waals surface area contributed by atoms with Gasteiger partial charge in [0.2, 0.25) is 11.8 Å². The first-order valence-electron chi connectivity index (χ1n) is 20.8. The number of thioether (sulfide) groups is 1. The van der Waals surface area contributed by atoms with Crippen LogP contribution in [-0.4, -0.2) is 63.7 Å². The lowest BCUT2D eigenvalue weighted by Crippen LogP contribution is -2.54. The zero-order chi connectivity index (χ0) is 36.9. The van der Waals surface area contributed by atoms with Gasteiger partial charge in [-0.25, -0.2) is 0 Å². The summed E-state index contributed by atoms with van der Waals surface area (Å²) >= 11 is 2.03. The van der Waals surface area contributed by atoms with Crippen LogP contribution in [0.5, 0.6) is 0 Å². The summed E-state index contributed by atoms with van der Waals surface area (Å²) in [5.41, 5.74) is 3.68. The molecule has 0 unspecified atom stereocenters. The van der Waals surface area contributed by atoms with E-state index >= 15 is 0 Å². The molecule has 4 fully saturated rings. The van der Waals surface area contributed by atoms with Gasteiger partial charge >= 0.3 is 0 Å². The average Bonchev–Trinajstić information content (AvgIpc) is 3.91. The number of carbonyl (C=O) groups is 2. The molecule has 4 aliphatic heterocycles. The summed E-state index contributed by atoms with van der Waals surface area (Å²) in [4.78, 5) is 29.9. The number of aromatic nitrogens is 1. The minimum absolute atomic E-state index is 0.0219. The van der Waals surface area contributed by atoms with Gasteiger partial charge < -0.3 is 26.0 Å². The third kappa shape index (κ3) is 6.51. The molecule has 9 rings (SSSR count). The molecule has 9 atom stereocenters. The summed E-state index contributed by atoms with van der Waals surface area (Å²) in [5, 5.41) is 16.4. The Morgan fingerprint density at radius 1 is 1.02 bits per heavy atom. The van der Waals surface area contributed by atoms with Crippen LogP contribution in [0.3, 0.4) is 0 Å². The third-order valence-corrected chi connectivity index (χ3v) is 15.8. The molecule has 2 amide bonds. The summed E-state index contributed by atoms with van der Waals surface area (Å²) in [5.74, 6) is 3.29. The Morgan fingerprint density at radius 2 is 1.91 bits per heavy atom. The zero-order valence-electron chi connectivity index (χ0n) is 31.8. The molecule has 9 heteroatoms. The number of benzene rings is 1. The molecule has 2 spiro atoms. The van der Waals surface area contributed by atoms with Gasteiger partial charge in [0.25, 0.3) is 0 Å². The summed E-state index contributed by atoms with van der Waals surface area (Å²) in [6.07, 6.45) is 26.4. The van der Waals surface area contributed by atoms with Crippen LogP contribution in [0.4, 0.5) is 0 Å². The number of ether oxygens (including phenoxy) is 1. The Bertz CT molecular complexity index is 1910. The van der Waals surface area contributed by atoms with E-state index in [0.717, 1.165) is 75.8 Å². The smallest absolute Gasteiger partial charge is 0.220 e. The number of unbranched alkanes of at least 4 members (excludes halogenated alkanes) is 3. The number of allylic oxidation sites excluding steroid dienone is 1. The fourth-order valence-corrected chi connectivity index (χ4v) is 13.1. The molecule has 1 saturated carbocycles. The van der Waals surface area contributed by atoms with E-state index in [1.165, 1.54) is 40.3 Å². The number of hydrogen-bond acceptors (Lipinski definition) is 7. The van der Waals surface area contributed by atoms with Crippen molar-refractivity contribution in [2.45, 2.75) is 137 Å². The number of nitrogens with one attached hydrogen (secondary N) is 4. The second-order valence-corrected chi connectivity index (χ2v) is 18.8. The highest BCUT2D eigenvalue weighted by atomic mass is 32.2. The first-order valence-corrected chi connectivity index (χ1v) is 21.8. The number of nitrogens with zero attached hydrogens (tertiary/aromatic N) is 1. The van der Waals surface area contributed by atoms with Crippen molar-refractivity contribution in [3.8, 4) is 0 Å². The van der Waals surface area contributed by atoms with E-state index in [9.17, 15) is 9.59 Å². The minimum Gasteiger partial charge on any atom is -0.367 e. The fourth-order valence-electron chi connectivity index (χ4n) is 11.6. The monoisotopic (exact) mass is 747 g/mol. The predicted octanol–water partition coefficient (Wildman–Crippen LogP) is 7.49. The van der Waals surface area contributed by atoms with Crippen molar-refractivity contribution < 1.29 is 14.3 Å². The van der Waals surface area contributed by atoms with Gasteiger partial charge in [-0.2, -0.15) is 11.8 Å². The molecule has 4 N–H and O–H groups in total. The van der Waals surface area contributed by atoms with Crippen molar-refractivity contribution in [1.29, 1.82) is 0 Å². The zero-order valence-corrected chi connectivity index (χ0v) is 32.7. The summed E-state index contributed by atoms with van der Waals surface area (Å²) < 4.78 is 7.45. The summed E-state index contributed by atoms with van der Waals surface area (Å²) in [6, 6.07) is 10.0. The number of amides is 2. The summed E-state index contributed by atoms with van der Waals surface area (Å²) in [7, 11) is 0. The van der Waals surface area contributed by atoms with Crippen molar-refractivity contribution in [2.75, 3.05) is 12.3 Å². The standard InChI is InChI=1S/C45H57N5O3S/c1-29-48-37-28-54-38(42(37)49-29)8-5-6-9-40(51)47-22-7-3-4-10-41(52)50-35-14-13-33-25-34-17-19-43(2)36(31-12-11-30-18-23-46-27-32(30)24-31)15-16-39(43)45(34)21-20-44(33,26-35)53-45/h11-14,17-18,23-25,27,35-39,42,48-49H,1,3-10,15-16,19-22,26,28H2,2H3,(H,47,51)(H,50,52)/t35-,36-,37+,38+,39-,42+,43-,44-,45-/m1/s1. The predicted molar refractivity (Wildman–Crippen MR) is 217 cm³/mol. The molecule has 5 heterocycles. The highest BCUT2D eigenvalue weighted by molar-refractivity contribution is 8.00. The Balaban J connectivity index is 0.718. The molecular weight excluding hydrogens is 691 g/mol. The van der Waals surface area contributed by atoms with E-state index in [0.29, 0.717) is 48.6 Å². The number of carbonyl (C=O) groups excluding carboxylic acids is 2. The van der Waals surface area contributed by atoms with Gasteiger partial charge in [0.15, 0.2) is 0 Å². The number of pyridine rings is 1. The number of fused-ring (bicyclic) bond motifs is 3. The normalized spacial score (nSPS) is 35.6. The maximum atomic E-state index is 13.1. The van der Waals surface area contributed by atoms with E-state index in [-0.39, 0.29) is 34.5 Å². The van der Waals surface area contributed by atoms with E-state index in [2.05, 4.69) is 88.3 Å². The topological polar surface area (TPSA) is 104 Å². The van der Waals surface area contributed by atoms with E-state index in [1.807, 2.05) is 24.2 Å². The Morgan fingerprint density at radius 3 is 2.83 bits per heavy atom. The molecule has 2 bridgehead atoms. The molecule has 1 aromatic heterocycles. The molecule has 3 saturated heterocycles. The van der Waals surface area contributed by atoms with Gasteiger partial charge in [-0.05, 0) is 109 Å².